The average Bonchev–Trinajstić information content (AvgIpc) is 3.84. The van der Waals surface area contributed by atoms with E-state index in [1.807, 2.05) is 6.07 Å². The standard InChI is InChI=1S/C41H54ClN7O8S/c1-43-36-24-28(42)23-35-34(36)25-37(48-20-7-4-8-21-48)40(35)57-32-12-14-33(15-13-32)58(55,56)47-29-18-22-49(27-29)39(53)17-11-31(51)26-46-41(54)45-19-6-3-5-9-30(50)10-16-38(52)44-2/h12-15,23-24,29,37,40,47H,3-11,16-22,25-27H2,2H3,(H,44,52)(H2,45,46,54)/t29-,37+,40+/m1/s1. The molecule has 1 aliphatic carbocycles. The van der Waals surface area contributed by atoms with Gasteiger partial charge in [0.25, 0.3) is 0 Å². The van der Waals surface area contributed by atoms with Crippen molar-refractivity contribution in [2.45, 2.75) is 107 Å². The van der Waals surface area contributed by atoms with Crippen molar-refractivity contribution >= 4 is 56.7 Å². The fourth-order valence-electron chi connectivity index (χ4n) is 7.73. The highest BCUT2D eigenvalue weighted by atomic mass is 35.5. The third-order valence-electron chi connectivity index (χ3n) is 10.9. The van der Waals surface area contributed by atoms with Crippen molar-refractivity contribution in [2.75, 3.05) is 46.3 Å². The number of piperidine rings is 1. The van der Waals surface area contributed by atoms with Crippen molar-refractivity contribution in [1.29, 1.82) is 0 Å². The lowest BCUT2D eigenvalue weighted by Gasteiger charge is -2.36. The predicted octanol–water partition coefficient (Wildman–Crippen LogP) is 4.60. The number of likely N-dealkylation sites (tertiary alicyclic amines) is 2. The van der Waals surface area contributed by atoms with Gasteiger partial charge in [-0.1, -0.05) is 24.4 Å². The van der Waals surface area contributed by atoms with Crippen molar-refractivity contribution in [2.24, 2.45) is 0 Å². The molecule has 4 N–H and O–H groups in total. The number of hydrogen-bond donors (Lipinski definition) is 4. The van der Waals surface area contributed by atoms with Crippen LogP contribution in [0.4, 0.5) is 10.5 Å². The van der Waals surface area contributed by atoms with Crippen LogP contribution in [-0.2, 0) is 35.6 Å². The normalized spacial score (nSPS) is 19.2. The van der Waals surface area contributed by atoms with Crippen LogP contribution in [0.2, 0.25) is 5.02 Å². The Morgan fingerprint density at radius 1 is 0.897 bits per heavy atom. The zero-order valence-corrected chi connectivity index (χ0v) is 34.6. The van der Waals surface area contributed by atoms with E-state index >= 15 is 0 Å². The summed E-state index contributed by atoms with van der Waals surface area (Å²) in [5, 5.41) is 8.12. The van der Waals surface area contributed by atoms with Gasteiger partial charge < -0.3 is 25.6 Å². The highest BCUT2D eigenvalue weighted by Crippen LogP contribution is 2.44. The van der Waals surface area contributed by atoms with E-state index in [0.717, 1.165) is 43.5 Å². The van der Waals surface area contributed by atoms with Crippen LogP contribution in [0.3, 0.4) is 0 Å². The molecule has 2 aromatic rings. The summed E-state index contributed by atoms with van der Waals surface area (Å²) < 4.78 is 36.0. The highest BCUT2D eigenvalue weighted by Gasteiger charge is 2.40. The van der Waals surface area contributed by atoms with Crippen LogP contribution in [0.1, 0.15) is 94.3 Å². The molecule has 2 fully saturated rings. The lowest BCUT2D eigenvalue weighted by atomic mass is 10.0. The first-order valence-corrected chi connectivity index (χ1v) is 22.0. The Labute approximate surface area is 345 Å². The van der Waals surface area contributed by atoms with E-state index in [-0.39, 0.29) is 79.2 Å². The summed E-state index contributed by atoms with van der Waals surface area (Å²) in [6.07, 6.45) is 6.84. The summed E-state index contributed by atoms with van der Waals surface area (Å²) in [7, 11) is -2.39. The molecule has 2 aromatic carbocycles. The quantitative estimate of drug-likeness (QED) is 0.109. The maximum atomic E-state index is 13.4. The number of nitrogens with zero attached hydrogens (tertiary/aromatic N) is 3. The lowest BCUT2D eigenvalue weighted by Crippen LogP contribution is -2.43. The Hall–Kier alpha value is -4.56. The highest BCUT2D eigenvalue weighted by molar-refractivity contribution is 7.89. The number of fused-ring (bicyclic) bond motifs is 1. The van der Waals surface area contributed by atoms with Crippen LogP contribution in [0.25, 0.3) is 4.85 Å². The monoisotopic (exact) mass is 839 g/mol. The van der Waals surface area contributed by atoms with Gasteiger partial charge in [0.1, 0.15) is 17.6 Å². The molecular weight excluding hydrogens is 786 g/mol. The van der Waals surface area contributed by atoms with E-state index in [0.29, 0.717) is 61.7 Å². The second kappa shape index (κ2) is 21.4. The third kappa shape index (κ3) is 12.7. The molecule has 3 aliphatic rings. The Morgan fingerprint density at radius 3 is 2.36 bits per heavy atom. The van der Waals surface area contributed by atoms with Crippen LogP contribution in [0.5, 0.6) is 5.75 Å². The van der Waals surface area contributed by atoms with Gasteiger partial charge in [0.15, 0.2) is 11.5 Å². The number of ether oxygens (including phenoxy) is 1. The van der Waals surface area contributed by atoms with Crippen molar-refractivity contribution in [1.82, 2.24) is 30.5 Å². The Kier molecular flexibility index (Phi) is 16.5. The molecule has 0 spiro atoms. The first kappa shape index (κ1) is 44.5. The summed E-state index contributed by atoms with van der Waals surface area (Å²) in [6, 6.07) is 8.85. The number of Topliss-reactive ketones (excluding diaryl/α,β-unsaturated/α-hetero) is 2. The molecule has 0 bridgehead atoms. The zero-order valence-electron chi connectivity index (χ0n) is 33.0. The van der Waals surface area contributed by atoms with Gasteiger partial charge in [-0.05, 0) is 99.1 Å². The molecule has 0 radical (unpaired) electrons. The maximum Gasteiger partial charge on any atom is 0.315 e. The number of halogens is 1. The van der Waals surface area contributed by atoms with Gasteiger partial charge in [0.05, 0.1) is 24.1 Å². The number of sulfonamides is 1. The second-order valence-corrected chi connectivity index (χ2v) is 17.3. The van der Waals surface area contributed by atoms with Crippen molar-refractivity contribution in [3.05, 3.63) is 64.0 Å². The SMILES string of the molecule is [C-]#[N+]c1cc(Cl)cc2c1C[C@H](N1CCCCC1)[C@H]2Oc1ccc(S(=O)(=O)N[C@@H]2CCN(C(=O)CCC(=O)CNC(=O)NCCCCCC(=O)CCC(=O)NC)C2)cc1. The predicted molar refractivity (Wildman–Crippen MR) is 218 cm³/mol. The topological polar surface area (TPSA) is 188 Å². The summed E-state index contributed by atoms with van der Waals surface area (Å²) in [5.74, 6) is -0.210. The average molecular weight is 840 g/mol. The molecule has 2 aliphatic heterocycles. The van der Waals surface area contributed by atoms with Crippen LogP contribution >= 0.6 is 11.6 Å². The molecule has 17 heteroatoms. The van der Waals surface area contributed by atoms with Crippen LogP contribution in [-0.4, -0.2) is 106 Å². The van der Waals surface area contributed by atoms with Gasteiger partial charge in [0.2, 0.25) is 21.8 Å². The minimum Gasteiger partial charge on any atom is -0.484 e. The van der Waals surface area contributed by atoms with E-state index in [9.17, 15) is 32.4 Å². The second-order valence-electron chi connectivity index (χ2n) is 15.1. The summed E-state index contributed by atoms with van der Waals surface area (Å²) in [4.78, 5) is 68.1. The molecule has 58 heavy (non-hydrogen) atoms. The van der Waals surface area contributed by atoms with Gasteiger partial charge in [-0.3, -0.25) is 24.1 Å². The number of benzene rings is 2. The lowest BCUT2D eigenvalue weighted by molar-refractivity contribution is -0.132. The minimum atomic E-state index is -3.92. The molecule has 0 aromatic heterocycles. The Morgan fingerprint density at radius 2 is 1.64 bits per heavy atom. The molecule has 314 valence electrons. The number of rotatable bonds is 20. The fourth-order valence-corrected chi connectivity index (χ4v) is 9.22. The van der Waals surface area contributed by atoms with Gasteiger partial charge in [-0.15, -0.1) is 0 Å². The molecular formula is C41H54ClN7O8S. The summed E-state index contributed by atoms with van der Waals surface area (Å²) in [5.41, 5.74) is 2.36. The Bertz CT molecular complexity index is 1950. The molecule has 15 nitrogen and oxygen atoms in total. The molecule has 3 atom stereocenters. The number of amides is 4. The molecule has 5 rings (SSSR count). The zero-order chi connectivity index (χ0) is 41.7. The molecule has 2 heterocycles. The molecule has 0 saturated carbocycles. The van der Waals surface area contributed by atoms with E-state index in [2.05, 4.69) is 30.4 Å². The van der Waals surface area contributed by atoms with Crippen LogP contribution < -0.4 is 25.4 Å². The van der Waals surface area contributed by atoms with Gasteiger partial charge in [-0.2, -0.15) is 0 Å². The third-order valence-corrected chi connectivity index (χ3v) is 12.7. The fraction of sp³-hybridized carbons (Fsp3) is 0.561. The van der Waals surface area contributed by atoms with E-state index < -0.39 is 22.1 Å². The van der Waals surface area contributed by atoms with Crippen LogP contribution in [0.15, 0.2) is 41.3 Å². The Balaban J connectivity index is 1.01. The van der Waals surface area contributed by atoms with Gasteiger partial charge >= 0.3 is 6.03 Å². The summed E-state index contributed by atoms with van der Waals surface area (Å²) >= 11 is 6.42. The number of urea groups is 1. The minimum absolute atomic E-state index is 0.0286. The smallest absolute Gasteiger partial charge is 0.315 e. The largest absolute Gasteiger partial charge is 0.484 e. The van der Waals surface area contributed by atoms with Gasteiger partial charge in [-0.25, -0.2) is 22.8 Å². The first-order chi connectivity index (χ1) is 27.9. The van der Waals surface area contributed by atoms with E-state index in [1.54, 1.807) is 18.2 Å². The number of nitrogens with one attached hydrogen (secondary N) is 4. The van der Waals surface area contributed by atoms with Crippen molar-refractivity contribution < 1.29 is 37.1 Å². The number of carbonyl (C=O) groups is 5. The number of carbonyl (C=O) groups excluding carboxylic acids is 5. The number of unbranched alkanes of at least 4 members (excludes halogenated alkanes) is 2. The molecule has 2 saturated heterocycles. The maximum absolute atomic E-state index is 13.4. The number of ketones is 2. The van der Waals surface area contributed by atoms with E-state index in [1.165, 1.54) is 30.5 Å². The van der Waals surface area contributed by atoms with Crippen molar-refractivity contribution in [3.8, 4) is 5.75 Å². The molecule has 0 unspecified atom stereocenters. The van der Waals surface area contributed by atoms with E-state index in [4.69, 9.17) is 22.9 Å². The first-order valence-electron chi connectivity index (χ1n) is 20.1. The molecule has 4 amide bonds. The summed E-state index contributed by atoms with van der Waals surface area (Å²) in [6.45, 7) is 10.3. The van der Waals surface area contributed by atoms with Crippen LogP contribution in [0, 0.1) is 6.57 Å². The number of hydrogen-bond acceptors (Lipinski definition) is 9. The van der Waals surface area contributed by atoms with Gasteiger partial charge in [0, 0.05) is 69.9 Å². The van der Waals surface area contributed by atoms with Crippen molar-refractivity contribution in [3.63, 3.8) is 0 Å².